The van der Waals surface area contributed by atoms with Gasteiger partial charge in [0.15, 0.2) is 12.4 Å². The van der Waals surface area contributed by atoms with E-state index in [1.165, 1.54) is 6.26 Å². The van der Waals surface area contributed by atoms with E-state index in [1.807, 2.05) is 13.0 Å². The SMILES string of the molecule is C[C@]12C=CC(=O)C=C1CC[C@@H]1[C@H]2[C@@H](O)C[C@@]2(C)[C@H]1CC[C@]2(O)C(=O)COC(=O)CCC(=O)NCc1ccco1. The average molecular weight is 540 g/mol. The van der Waals surface area contributed by atoms with Crippen molar-refractivity contribution >= 4 is 23.4 Å². The van der Waals surface area contributed by atoms with Gasteiger partial charge in [-0.2, -0.15) is 0 Å². The summed E-state index contributed by atoms with van der Waals surface area (Å²) >= 11 is 0. The largest absolute Gasteiger partial charge is 0.467 e. The van der Waals surface area contributed by atoms with E-state index in [4.69, 9.17) is 9.15 Å². The number of ketones is 2. The molecule has 5 rings (SSSR count). The van der Waals surface area contributed by atoms with E-state index in [9.17, 15) is 29.4 Å². The van der Waals surface area contributed by atoms with Crippen LogP contribution in [0.1, 0.15) is 64.6 Å². The number of aliphatic hydroxyl groups is 2. The Labute approximate surface area is 227 Å². The molecule has 0 aromatic carbocycles. The van der Waals surface area contributed by atoms with Gasteiger partial charge < -0.3 is 24.7 Å². The molecule has 3 fully saturated rings. The number of hydrogen-bond acceptors (Lipinski definition) is 8. The van der Waals surface area contributed by atoms with Crippen LogP contribution in [0.15, 0.2) is 46.6 Å². The maximum Gasteiger partial charge on any atom is 0.306 e. The molecular weight excluding hydrogens is 502 g/mol. The van der Waals surface area contributed by atoms with Crippen LogP contribution in [0.2, 0.25) is 0 Å². The van der Waals surface area contributed by atoms with E-state index in [-0.39, 0.29) is 61.7 Å². The minimum absolute atomic E-state index is 0.0119. The third-order valence-electron chi connectivity index (χ3n) is 10.1. The first-order valence-corrected chi connectivity index (χ1v) is 13.8. The van der Waals surface area contributed by atoms with Crippen LogP contribution in [0, 0.1) is 28.6 Å². The van der Waals surface area contributed by atoms with E-state index in [0.29, 0.717) is 12.2 Å². The third kappa shape index (κ3) is 4.69. The zero-order valence-corrected chi connectivity index (χ0v) is 22.5. The number of Topliss-reactive ketones (excluding diaryl/α,β-unsaturated/α-hetero) is 1. The summed E-state index contributed by atoms with van der Waals surface area (Å²) in [7, 11) is 0. The molecule has 1 amide bonds. The van der Waals surface area contributed by atoms with E-state index >= 15 is 0 Å². The van der Waals surface area contributed by atoms with Gasteiger partial charge in [-0.05, 0) is 68.2 Å². The van der Waals surface area contributed by atoms with Crippen LogP contribution >= 0.6 is 0 Å². The summed E-state index contributed by atoms with van der Waals surface area (Å²) in [6.45, 7) is 3.59. The number of aliphatic hydroxyl groups excluding tert-OH is 1. The quantitative estimate of drug-likeness (QED) is 0.428. The number of nitrogens with one attached hydrogen (secondary N) is 1. The van der Waals surface area contributed by atoms with Crippen molar-refractivity contribution in [1.29, 1.82) is 0 Å². The van der Waals surface area contributed by atoms with Gasteiger partial charge in [-0.3, -0.25) is 19.2 Å². The average Bonchev–Trinajstić information content (AvgIpc) is 3.51. The normalized spacial score (nSPS) is 36.8. The highest BCUT2D eigenvalue weighted by atomic mass is 16.5. The number of carbonyl (C=O) groups excluding carboxylic acids is 4. The van der Waals surface area contributed by atoms with Gasteiger partial charge in [0, 0.05) is 23.2 Å². The highest BCUT2D eigenvalue weighted by molar-refractivity contribution is 6.01. The fourth-order valence-corrected chi connectivity index (χ4v) is 8.03. The number of allylic oxidation sites excluding steroid dienone is 4. The Balaban J connectivity index is 1.19. The third-order valence-corrected chi connectivity index (χ3v) is 10.1. The molecule has 4 aliphatic rings. The lowest BCUT2D eigenvalue weighted by Crippen LogP contribution is -2.61. The topological polar surface area (TPSA) is 143 Å². The number of hydrogen-bond donors (Lipinski definition) is 3. The zero-order chi connectivity index (χ0) is 28.0. The molecule has 1 aromatic rings. The Morgan fingerprint density at radius 1 is 1.21 bits per heavy atom. The Bertz CT molecular complexity index is 1220. The summed E-state index contributed by atoms with van der Waals surface area (Å²) in [6, 6.07) is 3.44. The van der Waals surface area contributed by atoms with Crippen LogP contribution in [0.25, 0.3) is 0 Å². The molecule has 0 bridgehead atoms. The first-order chi connectivity index (χ1) is 18.5. The fourth-order valence-electron chi connectivity index (χ4n) is 8.03. The second kappa shape index (κ2) is 10.2. The lowest BCUT2D eigenvalue weighted by atomic mass is 9.46. The van der Waals surface area contributed by atoms with Crippen molar-refractivity contribution < 1.29 is 38.5 Å². The van der Waals surface area contributed by atoms with Crippen molar-refractivity contribution in [1.82, 2.24) is 5.32 Å². The molecular formula is C30H37NO8. The standard InChI is InChI=1S/C30H37NO8/c1-28-11-9-19(32)14-18(28)5-6-21-22-10-12-30(37,29(22,2)15-23(33)27(21)28)24(34)17-39-26(36)8-7-25(35)31-16-20-4-3-13-38-20/h3-4,9,11,13-14,21-23,27,33,37H,5-8,10,12,15-17H2,1-2H3,(H,31,35)/t21-,22-,23-,27-,28-,29-,30-/m0/s1. The number of furan rings is 1. The summed E-state index contributed by atoms with van der Waals surface area (Å²) in [5, 5.41) is 25.8. The minimum Gasteiger partial charge on any atom is -0.467 e. The summed E-state index contributed by atoms with van der Waals surface area (Å²) in [5.41, 5.74) is -1.97. The van der Waals surface area contributed by atoms with Gasteiger partial charge in [0.1, 0.15) is 11.4 Å². The highest BCUT2D eigenvalue weighted by Gasteiger charge is 2.68. The summed E-state index contributed by atoms with van der Waals surface area (Å²) in [5.74, 6) is -1.05. The Hall–Kier alpha value is -3.04. The van der Waals surface area contributed by atoms with Crippen molar-refractivity contribution in [3.05, 3.63) is 48.0 Å². The molecule has 9 nitrogen and oxygen atoms in total. The number of carbonyl (C=O) groups is 4. The first kappa shape index (κ1) is 27.5. The Morgan fingerprint density at radius 3 is 2.74 bits per heavy atom. The molecule has 210 valence electrons. The van der Waals surface area contributed by atoms with E-state index in [1.54, 1.807) is 24.3 Å². The number of esters is 1. The van der Waals surface area contributed by atoms with Crippen molar-refractivity contribution in [3.63, 3.8) is 0 Å². The molecule has 39 heavy (non-hydrogen) atoms. The monoisotopic (exact) mass is 539 g/mol. The van der Waals surface area contributed by atoms with Gasteiger partial charge in [0.2, 0.25) is 11.7 Å². The van der Waals surface area contributed by atoms with Crippen molar-refractivity contribution in [3.8, 4) is 0 Å². The summed E-state index contributed by atoms with van der Waals surface area (Å²) in [4.78, 5) is 49.6. The maximum atomic E-state index is 13.3. The van der Waals surface area contributed by atoms with E-state index < -0.39 is 40.9 Å². The Kier molecular flexibility index (Phi) is 7.18. The number of amides is 1. The molecule has 0 aliphatic heterocycles. The Morgan fingerprint density at radius 2 is 2.00 bits per heavy atom. The second-order valence-electron chi connectivity index (χ2n) is 12.1. The van der Waals surface area contributed by atoms with Crippen LogP contribution in [-0.4, -0.2) is 52.0 Å². The van der Waals surface area contributed by atoms with E-state index in [2.05, 4.69) is 12.2 Å². The van der Waals surface area contributed by atoms with Gasteiger partial charge in [0.25, 0.3) is 0 Å². The second-order valence-corrected chi connectivity index (χ2v) is 12.1. The number of ether oxygens (including phenoxy) is 1. The predicted molar refractivity (Wildman–Crippen MR) is 139 cm³/mol. The molecule has 0 unspecified atom stereocenters. The molecule has 3 N–H and O–H groups in total. The van der Waals surface area contributed by atoms with Crippen LogP contribution in [0.3, 0.4) is 0 Å². The van der Waals surface area contributed by atoms with Gasteiger partial charge in [0.05, 0.1) is 25.3 Å². The van der Waals surface area contributed by atoms with E-state index in [0.717, 1.165) is 18.4 Å². The maximum absolute atomic E-state index is 13.3. The minimum atomic E-state index is -1.72. The molecule has 0 radical (unpaired) electrons. The smallest absolute Gasteiger partial charge is 0.306 e. The fraction of sp³-hybridized carbons (Fsp3) is 0.600. The van der Waals surface area contributed by atoms with Crippen LogP contribution in [-0.2, 0) is 30.5 Å². The summed E-state index contributed by atoms with van der Waals surface area (Å²) in [6.07, 6.45) is 8.30. The number of rotatable bonds is 8. The van der Waals surface area contributed by atoms with Crippen LogP contribution in [0.4, 0.5) is 0 Å². The van der Waals surface area contributed by atoms with Crippen molar-refractivity contribution in [2.45, 2.75) is 77.0 Å². The lowest BCUT2D eigenvalue weighted by molar-refractivity contribution is -0.181. The molecule has 1 heterocycles. The molecule has 9 heteroatoms. The van der Waals surface area contributed by atoms with Crippen molar-refractivity contribution in [2.75, 3.05) is 6.61 Å². The van der Waals surface area contributed by atoms with Gasteiger partial charge in [-0.1, -0.05) is 25.5 Å². The first-order valence-electron chi connectivity index (χ1n) is 13.8. The summed E-state index contributed by atoms with van der Waals surface area (Å²) < 4.78 is 10.3. The molecule has 0 spiro atoms. The molecule has 3 saturated carbocycles. The predicted octanol–water partition coefficient (Wildman–Crippen LogP) is 2.80. The molecule has 0 saturated heterocycles. The van der Waals surface area contributed by atoms with Gasteiger partial charge in [-0.25, -0.2) is 0 Å². The molecule has 7 atom stereocenters. The number of fused-ring (bicyclic) bond motifs is 5. The zero-order valence-electron chi connectivity index (χ0n) is 22.5. The van der Waals surface area contributed by atoms with Gasteiger partial charge in [-0.15, -0.1) is 0 Å². The molecule has 1 aromatic heterocycles. The van der Waals surface area contributed by atoms with Crippen LogP contribution in [0.5, 0.6) is 0 Å². The van der Waals surface area contributed by atoms with Crippen molar-refractivity contribution in [2.24, 2.45) is 28.6 Å². The lowest BCUT2D eigenvalue weighted by Gasteiger charge is -2.59. The van der Waals surface area contributed by atoms with Gasteiger partial charge >= 0.3 is 5.97 Å². The molecule has 4 aliphatic carbocycles. The highest BCUT2D eigenvalue weighted by Crippen LogP contribution is 2.67. The van der Waals surface area contributed by atoms with Crippen LogP contribution < -0.4 is 5.32 Å².